The number of benzene rings is 3. The predicted octanol–water partition coefficient (Wildman–Crippen LogP) is 3.36. The first kappa shape index (κ1) is 20.6. The number of anilines is 1. The summed E-state index contributed by atoms with van der Waals surface area (Å²) in [5.74, 6) is -0.376. The van der Waals surface area contributed by atoms with Gasteiger partial charge in [-0.3, -0.25) is 9.59 Å². The zero-order chi connectivity index (χ0) is 21.2. The minimum atomic E-state index is -0.876. The number of rotatable bonds is 7. The number of ether oxygens (including phenoxy) is 2. The SMILES string of the molecule is COc1ccc(NC(=O)C(=O)N/N=C/c2cccc(OCc3ccccc3)c2)cc1. The molecule has 0 aliphatic rings. The van der Waals surface area contributed by atoms with Gasteiger partial charge < -0.3 is 14.8 Å². The van der Waals surface area contributed by atoms with Crippen LogP contribution in [0, 0.1) is 0 Å². The molecule has 0 saturated heterocycles. The summed E-state index contributed by atoms with van der Waals surface area (Å²) in [5.41, 5.74) is 4.46. The second-order valence-electron chi connectivity index (χ2n) is 6.23. The molecule has 0 atom stereocenters. The Bertz CT molecular complexity index is 1020. The van der Waals surface area contributed by atoms with Crippen LogP contribution in [-0.4, -0.2) is 25.1 Å². The Hall–Kier alpha value is -4.13. The summed E-state index contributed by atoms with van der Waals surface area (Å²) in [4.78, 5) is 23.8. The van der Waals surface area contributed by atoms with Gasteiger partial charge in [0.2, 0.25) is 0 Å². The first-order chi connectivity index (χ1) is 14.6. The highest BCUT2D eigenvalue weighted by molar-refractivity contribution is 6.39. The molecule has 7 nitrogen and oxygen atoms in total. The van der Waals surface area contributed by atoms with Crippen LogP contribution in [-0.2, 0) is 16.2 Å². The fraction of sp³-hybridized carbons (Fsp3) is 0.0870. The minimum absolute atomic E-state index is 0.448. The molecule has 30 heavy (non-hydrogen) atoms. The van der Waals surface area contributed by atoms with E-state index in [9.17, 15) is 9.59 Å². The molecule has 3 aromatic carbocycles. The van der Waals surface area contributed by atoms with Gasteiger partial charge in [0.05, 0.1) is 13.3 Å². The van der Waals surface area contributed by atoms with Gasteiger partial charge in [-0.25, -0.2) is 5.43 Å². The number of nitrogens with one attached hydrogen (secondary N) is 2. The first-order valence-corrected chi connectivity index (χ1v) is 9.19. The lowest BCUT2D eigenvalue weighted by molar-refractivity contribution is -0.136. The Balaban J connectivity index is 1.50. The Labute approximate surface area is 174 Å². The fourth-order valence-electron chi connectivity index (χ4n) is 2.50. The molecule has 152 valence electrons. The molecule has 0 spiro atoms. The van der Waals surface area contributed by atoms with E-state index in [1.54, 1.807) is 37.4 Å². The van der Waals surface area contributed by atoms with E-state index >= 15 is 0 Å². The van der Waals surface area contributed by atoms with Crippen LogP contribution in [0.5, 0.6) is 11.5 Å². The molecule has 0 fully saturated rings. The second-order valence-corrected chi connectivity index (χ2v) is 6.23. The molecular weight excluding hydrogens is 382 g/mol. The predicted molar refractivity (Wildman–Crippen MR) is 115 cm³/mol. The van der Waals surface area contributed by atoms with Crippen molar-refractivity contribution in [3.8, 4) is 11.5 Å². The third-order valence-electron chi connectivity index (χ3n) is 4.04. The number of amides is 2. The first-order valence-electron chi connectivity index (χ1n) is 9.19. The summed E-state index contributed by atoms with van der Waals surface area (Å²) in [6.45, 7) is 0.448. The number of hydrazone groups is 1. The number of nitrogens with zero attached hydrogens (tertiary/aromatic N) is 1. The van der Waals surface area contributed by atoms with Crippen LogP contribution in [0.15, 0.2) is 84.0 Å². The average Bonchev–Trinajstić information content (AvgIpc) is 2.79. The van der Waals surface area contributed by atoms with Crippen LogP contribution < -0.4 is 20.2 Å². The summed E-state index contributed by atoms with van der Waals surface area (Å²) in [7, 11) is 1.55. The zero-order valence-electron chi connectivity index (χ0n) is 16.4. The van der Waals surface area contributed by atoms with Gasteiger partial charge in [-0.1, -0.05) is 42.5 Å². The molecular formula is C23H21N3O4. The topological polar surface area (TPSA) is 89.0 Å². The molecule has 2 amide bonds. The van der Waals surface area contributed by atoms with Crippen LogP contribution in [0.1, 0.15) is 11.1 Å². The van der Waals surface area contributed by atoms with E-state index in [4.69, 9.17) is 9.47 Å². The van der Waals surface area contributed by atoms with Gasteiger partial charge >= 0.3 is 11.8 Å². The highest BCUT2D eigenvalue weighted by atomic mass is 16.5. The van der Waals surface area contributed by atoms with E-state index < -0.39 is 11.8 Å². The summed E-state index contributed by atoms with van der Waals surface area (Å²) in [5, 5.41) is 6.31. The molecule has 0 aliphatic heterocycles. The third-order valence-corrected chi connectivity index (χ3v) is 4.04. The van der Waals surface area contributed by atoms with E-state index in [0.29, 0.717) is 23.8 Å². The van der Waals surface area contributed by atoms with Gasteiger partial charge in [0, 0.05) is 5.69 Å². The molecule has 0 aromatic heterocycles. The van der Waals surface area contributed by atoms with Crippen molar-refractivity contribution in [2.45, 2.75) is 6.61 Å². The van der Waals surface area contributed by atoms with Gasteiger partial charge in [-0.05, 0) is 47.5 Å². The second kappa shape index (κ2) is 10.4. The summed E-state index contributed by atoms with van der Waals surface area (Å²) in [6, 6.07) is 23.7. The number of hydrogen-bond donors (Lipinski definition) is 2. The summed E-state index contributed by atoms with van der Waals surface area (Å²) in [6.07, 6.45) is 1.44. The van der Waals surface area contributed by atoms with Crippen LogP contribution in [0.3, 0.4) is 0 Å². The zero-order valence-corrected chi connectivity index (χ0v) is 16.4. The van der Waals surface area contributed by atoms with Crippen LogP contribution >= 0.6 is 0 Å². The van der Waals surface area contributed by atoms with Crippen molar-refractivity contribution in [1.29, 1.82) is 0 Å². The molecule has 0 heterocycles. The fourth-order valence-corrected chi connectivity index (χ4v) is 2.50. The lowest BCUT2D eigenvalue weighted by Gasteiger charge is -2.07. The number of hydrogen-bond acceptors (Lipinski definition) is 5. The molecule has 0 bridgehead atoms. The molecule has 0 radical (unpaired) electrons. The van der Waals surface area contributed by atoms with Gasteiger partial charge in [0.25, 0.3) is 0 Å². The van der Waals surface area contributed by atoms with E-state index in [2.05, 4.69) is 15.8 Å². The standard InChI is InChI=1S/C23H21N3O4/c1-29-20-12-10-19(11-13-20)25-22(27)23(28)26-24-15-18-8-5-9-21(14-18)30-16-17-6-3-2-4-7-17/h2-15H,16H2,1H3,(H,25,27)(H,26,28)/b24-15+. The van der Waals surface area contributed by atoms with Crippen molar-refractivity contribution in [2.75, 3.05) is 12.4 Å². The Kier molecular flexibility index (Phi) is 7.16. The van der Waals surface area contributed by atoms with Crippen molar-refractivity contribution >= 4 is 23.7 Å². The number of carbonyl (C=O) groups is 2. The molecule has 3 rings (SSSR count). The Morgan fingerprint density at radius 1 is 0.900 bits per heavy atom. The van der Waals surface area contributed by atoms with Crippen molar-refractivity contribution in [1.82, 2.24) is 5.43 Å². The van der Waals surface area contributed by atoms with Crippen LogP contribution in [0.4, 0.5) is 5.69 Å². The van der Waals surface area contributed by atoms with E-state index in [-0.39, 0.29) is 0 Å². The van der Waals surface area contributed by atoms with Crippen molar-refractivity contribution in [3.05, 3.63) is 90.0 Å². The van der Waals surface area contributed by atoms with E-state index in [0.717, 1.165) is 11.1 Å². The van der Waals surface area contributed by atoms with E-state index in [1.165, 1.54) is 6.21 Å². The normalized spacial score (nSPS) is 10.4. The quantitative estimate of drug-likeness (QED) is 0.360. The van der Waals surface area contributed by atoms with E-state index in [1.807, 2.05) is 48.5 Å². The van der Waals surface area contributed by atoms with Gasteiger partial charge in [-0.2, -0.15) is 5.10 Å². The van der Waals surface area contributed by atoms with Crippen LogP contribution in [0.2, 0.25) is 0 Å². The number of methoxy groups -OCH3 is 1. The van der Waals surface area contributed by atoms with Crippen LogP contribution in [0.25, 0.3) is 0 Å². The molecule has 7 heteroatoms. The number of carbonyl (C=O) groups excluding carboxylic acids is 2. The Morgan fingerprint density at radius 2 is 1.67 bits per heavy atom. The third kappa shape index (κ3) is 6.20. The van der Waals surface area contributed by atoms with Crippen molar-refractivity contribution in [3.63, 3.8) is 0 Å². The monoisotopic (exact) mass is 403 g/mol. The molecule has 0 aliphatic carbocycles. The minimum Gasteiger partial charge on any atom is -0.497 e. The molecule has 0 saturated carbocycles. The maximum Gasteiger partial charge on any atom is 0.329 e. The average molecular weight is 403 g/mol. The molecule has 2 N–H and O–H groups in total. The molecule has 0 unspecified atom stereocenters. The highest BCUT2D eigenvalue weighted by Gasteiger charge is 2.12. The summed E-state index contributed by atoms with van der Waals surface area (Å²) < 4.78 is 10.8. The maximum atomic E-state index is 11.9. The van der Waals surface area contributed by atoms with Gasteiger partial charge in [0.1, 0.15) is 18.1 Å². The largest absolute Gasteiger partial charge is 0.497 e. The lowest BCUT2D eigenvalue weighted by atomic mass is 10.2. The lowest BCUT2D eigenvalue weighted by Crippen LogP contribution is -2.32. The highest BCUT2D eigenvalue weighted by Crippen LogP contribution is 2.15. The smallest absolute Gasteiger partial charge is 0.329 e. The maximum absolute atomic E-state index is 11.9. The van der Waals surface area contributed by atoms with Crippen molar-refractivity contribution < 1.29 is 19.1 Å². The molecule has 3 aromatic rings. The summed E-state index contributed by atoms with van der Waals surface area (Å²) >= 11 is 0. The van der Waals surface area contributed by atoms with Gasteiger partial charge in [0.15, 0.2) is 0 Å². The van der Waals surface area contributed by atoms with Gasteiger partial charge in [-0.15, -0.1) is 0 Å². The Morgan fingerprint density at radius 3 is 2.40 bits per heavy atom. The van der Waals surface area contributed by atoms with Crippen molar-refractivity contribution in [2.24, 2.45) is 5.10 Å².